The zero-order valence-corrected chi connectivity index (χ0v) is 20.6. The maximum absolute atomic E-state index is 11.9. The normalized spacial score (nSPS) is 24.3. The van der Waals surface area contributed by atoms with E-state index in [1.807, 2.05) is 0 Å². The van der Waals surface area contributed by atoms with Crippen LogP contribution in [0.3, 0.4) is 0 Å². The summed E-state index contributed by atoms with van der Waals surface area (Å²) in [6.07, 6.45) is 1.25. The van der Waals surface area contributed by atoms with Gasteiger partial charge in [-0.25, -0.2) is 28.6 Å². The molecule has 0 aliphatic carbocycles. The molecule has 0 saturated carbocycles. The van der Waals surface area contributed by atoms with Crippen LogP contribution in [0.5, 0.6) is 0 Å². The third-order valence-electron chi connectivity index (χ3n) is 4.61. The Balaban J connectivity index is 1.63. The highest BCUT2D eigenvalue weighted by Crippen LogP contribution is 2.66. The molecule has 1 saturated heterocycles. The van der Waals surface area contributed by atoms with Gasteiger partial charge in [-0.05, 0) is 19.4 Å². The molecular formula is C14H25N6O12P3. The Morgan fingerprint density at radius 3 is 2.54 bits per heavy atom. The van der Waals surface area contributed by atoms with Crippen LogP contribution >= 0.6 is 23.5 Å². The lowest BCUT2D eigenvalue weighted by atomic mass is 10.2. The van der Waals surface area contributed by atoms with E-state index in [-0.39, 0.29) is 6.42 Å². The van der Waals surface area contributed by atoms with Gasteiger partial charge in [0, 0.05) is 13.0 Å². The SMILES string of the molecule is NCCCCNc1ncnc2c1ncn2[C@H]1C[C@H](O)[C@@H](COP(=O)(O)OP(=O)(O)OP(=O)(O)O)O1. The van der Waals surface area contributed by atoms with Crippen molar-refractivity contribution in [2.45, 2.75) is 37.7 Å². The van der Waals surface area contributed by atoms with Gasteiger partial charge in [0.15, 0.2) is 17.0 Å². The number of nitrogens with one attached hydrogen (secondary N) is 1. The van der Waals surface area contributed by atoms with E-state index in [1.165, 1.54) is 17.2 Å². The maximum atomic E-state index is 11.9. The Hall–Kier alpha value is -1.36. The number of phosphoric acid groups is 3. The third kappa shape index (κ3) is 8.06. The van der Waals surface area contributed by atoms with Gasteiger partial charge in [-0.1, -0.05) is 0 Å². The number of aliphatic hydroxyl groups excluding tert-OH is 1. The molecule has 0 radical (unpaired) electrons. The minimum absolute atomic E-state index is 0.0130. The Morgan fingerprint density at radius 2 is 1.86 bits per heavy atom. The molecule has 8 N–H and O–H groups in total. The lowest BCUT2D eigenvalue weighted by molar-refractivity contribution is -0.0423. The molecule has 0 bridgehead atoms. The molecule has 3 rings (SSSR count). The summed E-state index contributed by atoms with van der Waals surface area (Å²) in [5.74, 6) is 0.494. The Labute approximate surface area is 197 Å². The summed E-state index contributed by atoms with van der Waals surface area (Å²) in [6, 6.07) is 0. The first-order valence-electron chi connectivity index (χ1n) is 10.0. The molecule has 0 aromatic carbocycles. The van der Waals surface area contributed by atoms with Gasteiger partial charge in [-0.3, -0.25) is 9.09 Å². The molecule has 3 heterocycles. The number of hydrogen-bond acceptors (Lipinski definition) is 13. The van der Waals surface area contributed by atoms with Crippen LogP contribution < -0.4 is 11.1 Å². The second kappa shape index (κ2) is 11.4. The zero-order valence-electron chi connectivity index (χ0n) is 17.9. The number of nitrogens with zero attached hydrogens (tertiary/aromatic N) is 4. The number of aliphatic hydroxyl groups is 1. The summed E-state index contributed by atoms with van der Waals surface area (Å²) >= 11 is 0. The third-order valence-corrected chi connectivity index (χ3v) is 8.42. The van der Waals surface area contributed by atoms with E-state index in [1.54, 1.807) is 0 Å². The number of aromatic nitrogens is 4. The molecule has 1 fully saturated rings. The first kappa shape index (κ1) is 28.2. The van der Waals surface area contributed by atoms with Gasteiger partial charge in [0.1, 0.15) is 18.7 Å². The van der Waals surface area contributed by atoms with Crippen molar-refractivity contribution in [2.24, 2.45) is 5.73 Å². The van der Waals surface area contributed by atoms with Crippen molar-refractivity contribution < 1.29 is 56.3 Å². The summed E-state index contributed by atoms with van der Waals surface area (Å²) in [4.78, 5) is 48.5. The second-order valence-electron chi connectivity index (χ2n) is 7.29. The molecule has 1 aliphatic heterocycles. The van der Waals surface area contributed by atoms with Crippen LogP contribution in [-0.4, -0.2) is 76.1 Å². The Bertz CT molecular complexity index is 1160. The van der Waals surface area contributed by atoms with E-state index < -0.39 is 48.5 Å². The summed E-state index contributed by atoms with van der Waals surface area (Å²) in [7, 11) is -16.5. The first-order valence-corrected chi connectivity index (χ1v) is 14.6. The largest absolute Gasteiger partial charge is 0.490 e. The number of hydrogen-bond donors (Lipinski definition) is 7. The minimum atomic E-state index is -5.65. The molecule has 0 spiro atoms. The molecule has 1 aliphatic rings. The summed E-state index contributed by atoms with van der Waals surface area (Å²) in [5.41, 5.74) is 6.33. The number of imidazole rings is 1. The average molecular weight is 562 g/mol. The van der Waals surface area contributed by atoms with Crippen LogP contribution in [0.2, 0.25) is 0 Å². The van der Waals surface area contributed by atoms with E-state index in [0.717, 1.165) is 12.8 Å². The molecule has 2 aromatic heterocycles. The summed E-state index contributed by atoms with van der Waals surface area (Å²) in [5, 5.41) is 13.4. The number of anilines is 1. The van der Waals surface area contributed by atoms with Crippen molar-refractivity contribution in [3.05, 3.63) is 12.7 Å². The molecule has 18 nitrogen and oxygen atoms in total. The molecule has 2 unspecified atom stereocenters. The number of unbranched alkanes of at least 4 members (excludes halogenated alkanes) is 1. The number of rotatable bonds is 13. The maximum Gasteiger partial charge on any atom is 0.490 e. The summed E-state index contributed by atoms with van der Waals surface area (Å²) in [6.45, 7) is 0.411. The minimum Gasteiger partial charge on any atom is -0.390 e. The Kier molecular flexibility index (Phi) is 9.16. The second-order valence-corrected chi connectivity index (χ2v) is 11.7. The Morgan fingerprint density at radius 1 is 1.11 bits per heavy atom. The van der Waals surface area contributed by atoms with E-state index in [2.05, 4.69) is 33.4 Å². The number of fused-ring (bicyclic) bond motifs is 1. The van der Waals surface area contributed by atoms with Gasteiger partial charge in [0.05, 0.1) is 19.0 Å². The monoisotopic (exact) mass is 562 g/mol. The molecular weight excluding hydrogens is 537 g/mol. The van der Waals surface area contributed by atoms with Gasteiger partial charge in [0.25, 0.3) is 0 Å². The van der Waals surface area contributed by atoms with Crippen molar-refractivity contribution in [1.82, 2.24) is 19.5 Å². The standard InChI is InChI=1S/C14H25N6O12P3/c15-3-1-2-4-16-13-12-14(18-7-17-13)20(8-19-12)11-5-9(21)10(30-11)6-29-34(25,26)32-35(27,28)31-33(22,23)24/h7-11,21H,1-6,15H2,(H,25,26)(H,27,28)(H,16,17,18)(H2,22,23,24)/t9-,10+,11+/m0/s1. The predicted octanol–water partition coefficient (Wildman–Crippen LogP) is -0.0312. The van der Waals surface area contributed by atoms with E-state index >= 15 is 0 Å². The van der Waals surface area contributed by atoms with Gasteiger partial charge in [-0.2, -0.15) is 8.62 Å². The van der Waals surface area contributed by atoms with E-state index in [0.29, 0.717) is 30.1 Å². The van der Waals surface area contributed by atoms with Crippen molar-refractivity contribution in [1.29, 1.82) is 0 Å². The van der Waals surface area contributed by atoms with E-state index in [9.17, 15) is 28.6 Å². The van der Waals surface area contributed by atoms with Gasteiger partial charge < -0.3 is 40.5 Å². The number of phosphoric ester groups is 1. The zero-order chi connectivity index (χ0) is 25.9. The quantitative estimate of drug-likeness (QED) is 0.125. The van der Waals surface area contributed by atoms with Crippen molar-refractivity contribution in [3.63, 3.8) is 0 Å². The lowest BCUT2D eigenvalue weighted by Crippen LogP contribution is -2.26. The highest BCUT2D eigenvalue weighted by atomic mass is 31.3. The molecule has 5 atom stereocenters. The smallest absolute Gasteiger partial charge is 0.390 e. The van der Waals surface area contributed by atoms with Crippen LogP contribution in [0.4, 0.5) is 5.82 Å². The van der Waals surface area contributed by atoms with Gasteiger partial charge >= 0.3 is 23.5 Å². The van der Waals surface area contributed by atoms with Crippen molar-refractivity contribution >= 4 is 40.4 Å². The molecule has 198 valence electrons. The van der Waals surface area contributed by atoms with Crippen LogP contribution in [-0.2, 0) is 31.6 Å². The fourth-order valence-corrected chi connectivity index (χ4v) is 6.20. The van der Waals surface area contributed by atoms with E-state index in [4.69, 9.17) is 20.3 Å². The van der Waals surface area contributed by atoms with Crippen LogP contribution in [0.1, 0.15) is 25.5 Å². The molecule has 2 aromatic rings. The van der Waals surface area contributed by atoms with Gasteiger partial charge in [0.2, 0.25) is 0 Å². The number of ether oxygens (including phenoxy) is 1. The van der Waals surface area contributed by atoms with Gasteiger partial charge in [-0.15, -0.1) is 0 Å². The van der Waals surface area contributed by atoms with Crippen LogP contribution in [0.15, 0.2) is 12.7 Å². The molecule has 0 amide bonds. The fourth-order valence-electron chi connectivity index (χ4n) is 3.17. The first-order chi connectivity index (χ1) is 16.3. The predicted molar refractivity (Wildman–Crippen MR) is 116 cm³/mol. The topological polar surface area (TPSA) is 271 Å². The van der Waals surface area contributed by atoms with Crippen molar-refractivity contribution in [3.8, 4) is 0 Å². The summed E-state index contributed by atoms with van der Waals surface area (Å²) < 4.78 is 53.0. The number of nitrogens with two attached hydrogens (primary N) is 1. The highest BCUT2D eigenvalue weighted by molar-refractivity contribution is 7.66. The molecule has 35 heavy (non-hydrogen) atoms. The van der Waals surface area contributed by atoms with Crippen LogP contribution in [0.25, 0.3) is 11.2 Å². The average Bonchev–Trinajstić information content (AvgIpc) is 3.30. The van der Waals surface area contributed by atoms with Crippen molar-refractivity contribution in [2.75, 3.05) is 25.0 Å². The molecule has 21 heteroatoms. The highest BCUT2D eigenvalue weighted by Gasteiger charge is 2.43. The van der Waals surface area contributed by atoms with Crippen LogP contribution in [0, 0.1) is 0 Å². The fraction of sp³-hybridized carbons (Fsp3) is 0.643. The lowest BCUT2D eigenvalue weighted by Gasteiger charge is -2.19.